The van der Waals surface area contributed by atoms with Crippen LogP contribution in [0.3, 0.4) is 0 Å². The van der Waals surface area contributed by atoms with Gasteiger partial charge in [-0.3, -0.25) is 9.89 Å². The minimum Gasteiger partial charge on any atom is -0.350 e. The number of amides is 1. The van der Waals surface area contributed by atoms with E-state index in [1.165, 1.54) is 12.8 Å². The van der Waals surface area contributed by atoms with Crippen LogP contribution in [-0.2, 0) is 0 Å². The van der Waals surface area contributed by atoms with E-state index < -0.39 is 0 Å². The molecule has 0 bridgehead atoms. The molecule has 1 aliphatic carbocycles. The predicted octanol–water partition coefficient (Wildman–Crippen LogP) is 1.78. The van der Waals surface area contributed by atoms with Crippen LogP contribution in [0.2, 0.25) is 0 Å². The van der Waals surface area contributed by atoms with Crippen molar-refractivity contribution >= 4 is 11.7 Å². The molecular weight excluding hydrogens is 304 g/mol. The molecule has 0 radical (unpaired) electrons. The molecule has 24 heavy (non-hydrogen) atoms. The lowest BCUT2D eigenvalue weighted by Crippen LogP contribution is -2.48. The molecule has 0 spiro atoms. The molecule has 3 heterocycles. The van der Waals surface area contributed by atoms with E-state index in [0.717, 1.165) is 37.4 Å². The number of anilines is 1. The zero-order valence-electron chi connectivity index (χ0n) is 13.9. The van der Waals surface area contributed by atoms with Crippen molar-refractivity contribution < 1.29 is 4.79 Å². The minimum absolute atomic E-state index is 0.0257. The number of carbonyl (C=O) groups is 1. The molecule has 4 rings (SSSR count). The SMILES string of the molecule is Cc1cc(C(=O)N2CCC(N(c3ccncn3)C3CC3)CC2)n[nH]1. The molecule has 0 unspecified atom stereocenters. The summed E-state index contributed by atoms with van der Waals surface area (Å²) in [7, 11) is 0. The van der Waals surface area contributed by atoms with Gasteiger partial charge in [0.2, 0.25) is 0 Å². The van der Waals surface area contributed by atoms with Crippen LogP contribution in [0.25, 0.3) is 0 Å². The van der Waals surface area contributed by atoms with Crippen molar-refractivity contribution in [3.63, 3.8) is 0 Å². The lowest BCUT2D eigenvalue weighted by Gasteiger charge is -2.39. The van der Waals surface area contributed by atoms with Crippen molar-refractivity contribution in [2.75, 3.05) is 18.0 Å². The Morgan fingerprint density at radius 1 is 1.25 bits per heavy atom. The number of carbonyl (C=O) groups excluding carboxylic acids is 1. The number of likely N-dealkylation sites (tertiary alicyclic amines) is 1. The first kappa shape index (κ1) is 15.1. The van der Waals surface area contributed by atoms with Gasteiger partial charge in [0, 0.05) is 37.1 Å². The lowest BCUT2D eigenvalue weighted by molar-refractivity contribution is 0.0706. The van der Waals surface area contributed by atoms with Crippen LogP contribution in [0, 0.1) is 6.92 Å². The van der Waals surface area contributed by atoms with Gasteiger partial charge in [0.1, 0.15) is 17.8 Å². The van der Waals surface area contributed by atoms with Crippen molar-refractivity contribution in [1.29, 1.82) is 0 Å². The summed E-state index contributed by atoms with van der Waals surface area (Å²) in [5, 5.41) is 6.93. The van der Waals surface area contributed by atoms with Crippen molar-refractivity contribution in [1.82, 2.24) is 25.1 Å². The third kappa shape index (κ3) is 2.98. The van der Waals surface area contributed by atoms with E-state index in [4.69, 9.17) is 0 Å². The van der Waals surface area contributed by atoms with Gasteiger partial charge >= 0.3 is 0 Å². The zero-order chi connectivity index (χ0) is 16.5. The first-order valence-electron chi connectivity index (χ1n) is 8.58. The topological polar surface area (TPSA) is 78.0 Å². The molecule has 1 saturated carbocycles. The average molecular weight is 326 g/mol. The molecule has 2 aliphatic rings. The third-order valence-electron chi connectivity index (χ3n) is 4.84. The number of piperidine rings is 1. The zero-order valence-corrected chi connectivity index (χ0v) is 13.9. The second-order valence-corrected chi connectivity index (χ2v) is 6.67. The van der Waals surface area contributed by atoms with Gasteiger partial charge in [0.25, 0.3) is 5.91 Å². The maximum absolute atomic E-state index is 12.5. The Balaban J connectivity index is 1.42. The van der Waals surface area contributed by atoms with Crippen LogP contribution in [-0.4, -0.2) is 56.1 Å². The van der Waals surface area contributed by atoms with Crippen LogP contribution in [0.15, 0.2) is 24.7 Å². The summed E-state index contributed by atoms with van der Waals surface area (Å²) in [4.78, 5) is 25.3. The van der Waals surface area contributed by atoms with Gasteiger partial charge in [-0.1, -0.05) is 0 Å². The number of rotatable bonds is 4. The summed E-state index contributed by atoms with van der Waals surface area (Å²) >= 11 is 0. The molecule has 126 valence electrons. The highest BCUT2D eigenvalue weighted by atomic mass is 16.2. The van der Waals surface area contributed by atoms with Crippen molar-refractivity contribution in [3.8, 4) is 0 Å². The Labute approximate surface area is 141 Å². The van der Waals surface area contributed by atoms with Crippen molar-refractivity contribution in [2.24, 2.45) is 0 Å². The molecule has 1 aliphatic heterocycles. The molecule has 2 aromatic rings. The van der Waals surface area contributed by atoms with E-state index in [2.05, 4.69) is 25.1 Å². The fraction of sp³-hybridized carbons (Fsp3) is 0.529. The Morgan fingerprint density at radius 2 is 2.00 bits per heavy atom. The number of aromatic amines is 1. The van der Waals surface area contributed by atoms with Crippen LogP contribution in [0.5, 0.6) is 0 Å². The summed E-state index contributed by atoms with van der Waals surface area (Å²) in [6, 6.07) is 4.84. The average Bonchev–Trinajstić information content (AvgIpc) is 3.36. The molecule has 1 N–H and O–H groups in total. The first-order chi connectivity index (χ1) is 11.7. The van der Waals surface area contributed by atoms with Crippen molar-refractivity contribution in [2.45, 2.75) is 44.7 Å². The molecule has 1 amide bonds. The number of hydrogen-bond acceptors (Lipinski definition) is 5. The van der Waals surface area contributed by atoms with Gasteiger partial charge in [0.05, 0.1) is 0 Å². The molecule has 2 aromatic heterocycles. The van der Waals surface area contributed by atoms with E-state index in [1.54, 1.807) is 12.5 Å². The van der Waals surface area contributed by atoms with E-state index in [-0.39, 0.29) is 5.91 Å². The van der Waals surface area contributed by atoms with Gasteiger partial charge in [-0.2, -0.15) is 5.10 Å². The normalized spacial score (nSPS) is 18.6. The standard InChI is InChI=1S/C17H22N6O/c1-12-10-15(21-20-12)17(24)22-8-5-14(6-9-22)23(13-2-3-13)16-4-7-18-11-19-16/h4,7,10-11,13-14H,2-3,5-6,8-9H2,1H3,(H,20,21). The summed E-state index contributed by atoms with van der Waals surface area (Å²) in [5.41, 5.74) is 1.43. The van der Waals surface area contributed by atoms with Crippen LogP contribution in [0.1, 0.15) is 41.9 Å². The summed E-state index contributed by atoms with van der Waals surface area (Å²) in [6.45, 7) is 3.44. The number of nitrogens with zero attached hydrogens (tertiary/aromatic N) is 5. The molecule has 7 heteroatoms. The summed E-state index contributed by atoms with van der Waals surface area (Å²) in [5.74, 6) is 1.04. The van der Waals surface area contributed by atoms with Crippen LogP contribution >= 0.6 is 0 Å². The maximum atomic E-state index is 12.5. The van der Waals surface area contributed by atoms with E-state index in [1.807, 2.05) is 24.0 Å². The third-order valence-corrected chi connectivity index (χ3v) is 4.84. The molecule has 0 atom stereocenters. The van der Waals surface area contributed by atoms with E-state index >= 15 is 0 Å². The van der Waals surface area contributed by atoms with Gasteiger partial charge in [-0.15, -0.1) is 0 Å². The van der Waals surface area contributed by atoms with Gasteiger partial charge in [0.15, 0.2) is 0 Å². The number of nitrogens with one attached hydrogen (secondary N) is 1. The van der Waals surface area contributed by atoms with E-state index in [9.17, 15) is 4.79 Å². The minimum atomic E-state index is 0.0257. The van der Waals surface area contributed by atoms with Gasteiger partial charge in [-0.05, 0) is 44.7 Å². The highest BCUT2D eigenvalue weighted by molar-refractivity contribution is 5.92. The van der Waals surface area contributed by atoms with Crippen molar-refractivity contribution in [3.05, 3.63) is 36.0 Å². The van der Waals surface area contributed by atoms with Gasteiger partial charge in [-0.25, -0.2) is 9.97 Å². The fourth-order valence-corrected chi connectivity index (χ4v) is 3.50. The predicted molar refractivity (Wildman–Crippen MR) is 89.8 cm³/mol. The monoisotopic (exact) mass is 326 g/mol. The lowest BCUT2D eigenvalue weighted by atomic mass is 10.0. The molecule has 7 nitrogen and oxygen atoms in total. The molecular formula is C17H22N6O. The van der Waals surface area contributed by atoms with Crippen LogP contribution < -0.4 is 4.90 Å². The first-order valence-corrected chi connectivity index (χ1v) is 8.58. The number of hydrogen-bond donors (Lipinski definition) is 1. The molecule has 1 saturated heterocycles. The molecule has 0 aromatic carbocycles. The Bertz CT molecular complexity index is 703. The fourth-order valence-electron chi connectivity index (χ4n) is 3.50. The Hall–Kier alpha value is -2.44. The number of aryl methyl sites for hydroxylation is 1. The largest absolute Gasteiger partial charge is 0.350 e. The highest BCUT2D eigenvalue weighted by Gasteiger charge is 2.37. The Kier molecular flexibility index (Phi) is 3.92. The van der Waals surface area contributed by atoms with Gasteiger partial charge < -0.3 is 9.80 Å². The maximum Gasteiger partial charge on any atom is 0.274 e. The summed E-state index contributed by atoms with van der Waals surface area (Å²) in [6.07, 6.45) is 7.82. The summed E-state index contributed by atoms with van der Waals surface area (Å²) < 4.78 is 0. The van der Waals surface area contributed by atoms with E-state index in [0.29, 0.717) is 17.8 Å². The quantitative estimate of drug-likeness (QED) is 0.926. The smallest absolute Gasteiger partial charge is 0.274 e. The molecule has 2 fully saturated rings. The Morgan fingerprint density at radius 3 is 2.58 bits per heavy atom. The highest BCUT2D eigenvalue weighted by Crippen LogP contribution is 2.35. The number of aromatic nitrogens is 4. The second kappa shape index (κ2) is 6.22. The van der Waals surface area contributed by atoms with Crippen LogP contribution in [0.4, 0.5) is 5.82 Å². The number of H-pyrrole nitrogens is 1. The second-order valence-electron chi connectivity index (χ2n) is 6.67.